The van der Waals surface area contributed by atoms with Gasteiger partial charge in [-0.1, -0.05) is 6.07 Å². The number of aliphatic hydroxyl groups excluding tert-OH is 1. The highest BCUT2D eigenvalue weighted by molar-refractivity contribution is 6.06. The summed E-state index contributed by atoms with van der Waals surface area (Å²) in [7, 11) is 0. The van der Waals surface area contributed by atoms with Gasteiger partial charge in [0, 0.05) is 36.3 Å². The van der Waals surface area contributed by atoms with Crippen LogP contribution < -0.4 is 26.6 Å². The van der Waals surface area contributed by atoms with Gasteiger partial charge in [-0.15, -0.1) is 5.53 Å². The molecule has 2 aromatic carbocycles. The largest absolute Gasteiger partial charge is 0.416 e. The molecule has 8 nitrogen and oxygen atoms in total. The number of aryl methyl sites for hydroxylation is 1. The quantitative estimate of drug-likeness (QED) is 0.347. The summed E-state index contributed by atoms with van der Waals surface area (Å²) in [6, 6.07) is 11.7. The molecule has 1 aromatic heterocycles. The Balaban J connectivity index is 1.60. The number of aliphatic hydroxyl groups is 1. The molecule has 0 radical (unpaired) electrons. The molecule has 11 heteroatoms. The summed E-state index contributed by atoms with van der Waals surface area (Å²) in [5, 5.41) is 16.1. The van der Waals surface area contributed by atoms with Gasteiger partial charge in [0.2, 0.25) is 0 Å². The van der Waals surface area contributed by atoms with E-state index in [-0.39, 0.29) is 30.1 Å². The molecule has 0 saturated heterocycles. The van der Waals surface area contributed by atoms with Gasteiger partial charge in [0.1, 0.15) is 0 Å². The minimum absolute atomic E-state index is 0.0416. The van der Waals surface area contributed by atoms with Gasteiger partial charge in [0.25, 0.3) is 5.91 Å². The van der Waals surface area contributed by atoms with Gasteiger partial charge in [-0.3, -0.25) is 14.8 Å². The normalized spacial score (nSPS) is 13.3. The first-order chi connectivity index (χ1) is 16.8. The van der Waals surface area contributed by atoms with Crippen molar-refractivity contribution < 1.29 is 23.1 Å². The predicted molar refractivity (Wildman–Crippen MR) is 127 cm³/mol. The molecule has 2 heterocycles. The van der Waals surface area contributed by atoms with Gasteiger partial charge in [0.15, 0.2) is 0 Å². The molecule has 0 atom stereocenters. The molecule has 1 aliphatic heterocycles. The van der Waals surface area contributed by atoms with E-state index in [1.807, 2.05) is 25.3 Å². The first-order valence-electron chi connectivity index (χ1n) is 10.7. The van der Waals surface area contributed by atoms with Crippen molar-refractivity contribution in [3.63, 3.8) is 0 Å². The van der Waals surface area contributed by atoms with E-state index < -0.39 is 17.6 Å². The Morgan fingerprint density at radius 1 is 1.14 bits per heavy atom. The molecule has 0 saturated carbocycles. The second-order valence-corrected chi connectivity index (χ2v) is 7.76. The number of nitrogens with one attached hydrogen (secondary N) is 4. The first kappa shape index (κ1) is 24.0. The van der Waals surface area contributed by atoms with E-state index in [1.165, 1.54) is 6.07 Å². The Hall–Kier alpha value is -4.09. The number of carbonyl (C=O) groups is 1. The zero-order valence-electron chi connectivity index (χ0n) is 18.6. The number of amides is 1. The zero-order chi connectivity index (χ0) is 25.0. The second kappa shape index (κ2) is 10.0. The SMILES string of the molecule is Cc1ccc(C(=O)Nc2cc(C(F)(F)F)ccc2NCCO)cc1N1C=C(c2cccnc2)NN1. The maximum absolute atomic E-state index is 13.2. The van der Waals surface area contributed by atoms with Crippen molar-refractivity contribution >= 4 is 28.7 Å². The average molecular weight is 484 g/mol. The van der Waals surface area contributed by atoms with Gasteiger partial charge in [-0.05, 0) is 55.0 Å². The second-order valence-electron chi connectivity index (χ2n) is 7.76. The van der Waals surface area contributed by atoms with Crippen LogP contribution in [0.2, 0.25) is 0 Å². The summed E-state index contributed by atoms with van der Waals surface area (Å²) >= 11 is 0. The molecule has 182 valence electrons. The maximum atomic E-state index is 13.2. The van der Waals surface area contributed by atoms with Crippen LogP contribution in [0.25, 0.3) is 5.70 Å². The predicted octanol–water partition coefficient (Wildman–Crippen LogP) is 3.89. The number of benzene rings is 2. The van der Waals surface area contributed by atoms with Crippen LogP contribution in [0.4, 0.5) is 30.2 Å². The maximum Gasteiger partial charge on any atom is 0.416 e. The summed E-state index contributed by atoms with van der Waals surface area (Å²) < 4.78 is 39.7. The lowest BCUT2D eigenvalue weighted by Crippen LogP contribution is -2.36. The fourth-order valence-corrected chi connectivity index (χ4v) is 3.49. The van der Waals surface area contributed by atoms with E-state index in [9.17, 15) is 18.0 Å². The lowest BCUT2D eigenvalue weighted by atomic mass is 10.1. The highest BCUT2D eigenvalue weighted by Gasteiger charge is 2.31. The smallest absolute Gasteiger partial charge is 0.395 e. The number of alkyl halides is 3. The van der Waals surface area contributed by atoms with Crippen LogP contribution in [0, 0.1) is 6.92 Å². The Labute approximate surface area is 199 Å². The van der Waals surface area contributed by atoms with Crippen molar-refractivity contribution in [2.45, 2.75) is 13.1 Å². The Morgan fingerprint density at radius 3 is 2.69 bits per heavy atom. The first-order valence-corrected chi connectivity index (χ1v) is 10.7. The molecule has 0 spiro atoms. The standard InChI is InChI=1S/C24H23F3N6O2/c1-15-4-5-16(11-22(15)33-14-21(31-32-33)17-3-2-8-28-13-17)23(35)30-20-12-18(24(25,26)27)6-7-19(20)29-9-10-34/h2-8,11-14,29,31-32,34H,9-10H2,1H3,(H,30,35). The molecule has 5 N–H and O–H groups in total. The third-order valence-corrected chi connectivity index (χ3v) is 5.29. The number of carbonyl (C=O) groups excluding carboxylic acids is 1. The van der Waals surface area contributed by atoms with Gasteiger partial charge >= 0.3 is 6.18 Å². The fraction of sp³-hybridized carbons (Fsp3) is 0.167. The lowest BCUT2D eigenvalue weighted by molar-refractivity contribution is -0.137. The van der Waals surface area contributed by atoms with Crippen LogP contribution in [0.1, 0.15) is 27.0 Å². The van der Waals surface area contributed by atoms with Crippen molar-refractivity contribution in [1.29, 1.82) is 0 Å². The number of hydrogen-bond acceptors (Lipinski definition) is 7. The number of halogens is 3. The highest BCUT2D eigenvalue weighted by atomic mass is 19.4. The minimum atomic E-state index is -4.57. The molecule has 3 aromatic rings. The van der Waals surface area contributed by atoms with Crippen LogP contribution in [0.15, 0.2) is 67.1 Å². The van der Waals surface area contributed by atoms with Crippen LogP contribution >= 0.6 is 0 Å². The van der Waals surface area contributed by atoms with Crippen LogP contribution in [0.5, 0.6) is 0 Å². The Morgan fingerprint density at radius 2 is 1.97 bits per heavy atom. The van der Waals surface area contributed by atoms with E-state index in [2.05, 4.69) is 26.6 Å². The van der Waals surface area contributed by atoms with Crippen molar-refractivity contribution in [3.8, 4) is 0 Å². The zero-order valence-corrected chi connectivity index (χ0v) is 18.6. The molecule has 0 unspecified atom stereocenters. The molecule has 0 aliphatic carbocycles. The molecule has 0 bridgehead atoms. The topological polar surface area (TPSA) is 102 Å². The third-order valence-electron chi connectivity index (χ3n) is 5.29. The Kier molecular flexibility index (Phi) is 6.90. The molecule has 1 aliphatic rings. The lowest BCUT2D eigenvalue weighted by Gasteiger charge is -2.19. The number of anilines is 3. The van der Waals surface area contributed by atoms with Gasteiger partial charge in [-0.2, -0.15) is 13.2 Å². The molecule has 1 amide bonds. The van der Waals surface area contributed by atoms with Crippen molar-refractivity contribution in [1.82, 2.24) is 15.9 Å². The molecular formula is C24H23F3N6O2. The summed E-state index contributed by atoms with van der Waals surface area (Å²) in [6.45, 7) is 1.77. The van der Waals surface area contributed by atoms with Crippen LogP contribution in [0.3, 0.4) is 0 Å². The number of hydrogen-bond donors (Lipinski definition) is 5. The van der Waals surface area contributed by atoms with E-state index >= 15 is 0 Å². The number of rotatable bonds is 7. The van der Waals surface area contributed by atoms with Gasteiger partial charge in [0.05, 0.1) is 34.9 Å². The monoisotopic (exact) mass is 484 g/mol. The number of nitrogens with zero attached hydrogens (tertiary/aromatic N) is 2. The summed E-state index contributed by atoms with van der Waals surface area (Å²) in [5.74, 6) is -0.582. The van der Waals surface area contributed by atoms with Crippen molar-refractivity contribution in [2.24, 2.45) is 0 Å². The molecule has 4 rings (SSSR count). The fourth-order valence-electron chi connectivity index (χ4n) is 3.49. The number of aromatic nitrogens is 1. The summed E-state index contributed by atoms with van der Waals surface area (Å²) in [5.41, 5.74) is 8.81. The average Bonchev–Trinajstić information content (AvgIpc) is 3.33. The van der Waals surface area contributed by atoms with Crippen LogP contribution in [-0.2, 0) is 6.18 Å². The summed E-state index contributed by atoms with van der Waals surface area (Å²) in [4.78, 5) is 17.1. The number of hydrazine groups is 2. The van der Waals surface area contributed by atoms with Crippen molar-refractivity contribution in [3.05, 3.63) is 89.4 Å². The van der Waals surface area contributed by atoms with Gasteiger partial charge in [-0.25, -0.2) is 0 Å². The van der Waals surface area contributed by atoms with E-state index in [4.69, 9.17) is 5.11 Å². The molecule has 35 heavy (non-hydrogen) atoms. The molecule has 0 fully saturated rings. The Bertz CT molecular complexity index is 1250. The van der Waals surface area contributed by atoms with E-state index in [0.717, 1.165) is 29.0 Å². The van der Waals surface area contributed by atoms with E-state index in [0.29, 0.717) is 5.69 Å². The third kappa shape index (κ3) is 5.53. The highest BCUT2D eigenvalue weighted by Crippen LogP contribution is 2.34. The van der Waals surface area contributed by atoms with E-state index in [1.54, 1.807) is 35.6 Å². The minimum Gasteiger partial charge on any atom is -0.395 e. The number of pyridine rings is 1. The summed E-state index contributed by atoms with van der Waals surface area (Å²) in [6.07, 6.45) is 0.618. The van der Waals surface area contributed by atoms with Crippen LogP contribution in [-0.4, -0.2) is 29.1 Å². The van der Waals surface area contributed by atoms with Gasteiger partial charge < -0.3 is 21.2 Å². The molecular weight excluding hydrogens is 461 g/mol. The van der Waals surface area contributed by atoms with Crippen molar-refractivity contribution in [2.75, 3.05) is 28.8 Å².